The van der Waals surface area contributed by atoms with Crippen LogP contribution in [0.25, 0.3) is 0 Å². The normalized spacial score (nSPS) is 14.1. The second kappa shape index (κ2) is 6.06. The molecule has 0 amide bonds. The summed E-state index contributed by atoms with van der Waals surface area (Å²) in [6, 6.07) is 13.8. The van der Waals surface area contributed by atoms with Crippen LogP contribution in [-0.2, 0) is 6.42 Å². The number of phenolic OH excluding ortho intramolecular Hbond substituents is 1. The van der Waals surface area contributed by atoms with Crippen LogP contribution in [0.3, 0.4) is 0 Å². The fourth-order valence-electron chi connectivity index (χ4n) is 1.94. The molecule has 19 heavy (non-hydrogen) atoms. The van der Waals surface area contributed by atoms with Gasteiger partial charge in [0.05, 0.1) is 17.2 Å². The molecule has 0 aliphatic heterocycles. The fraction of sp³-hybridized carbons (Fsp3) is 0.200. The van der Waals surface area contributed by atoms with Gasteiger partial charge in [0.2, 0.25) is 0 Å². The minimum absolute atomic E-state index is 0.00941. The van der Waals surface area contributed by atoms with E-state index in [0.717, 1.165) is 5.56 Å². The van der Waals surface area contributed by atoms with Gasteiger partial charge in [-0.15, -0.1) is 0 Å². The van der Waals surface area contributed by atoms with Gasteiger partial charge in [-0.2, -0.15) is 0 Å². The van der Waals surface area contributed by atoms with Crippen LogP contribution >= 0.6 is 11.6 Å². The summed E-state index contributed by atoms with van der Waals surface area (Å²) >= 11 is 5.84. The molecule has 2 rings (SSSR count). The monoisotopic (exact) mass is 277 g/mol. The average Bonchev–Trinajstić information content (AvgIpc) is 2.42. The molecule has 0 aliphatic carbocycles. The molecule has 100 valence electrons. The molecule has 3 nitrogen and oxygen atoms in total. The van der Waals surface area contributed by atoms with Crippen molar-refractivity contribution in [2.45, 2.75) is 18.6 Å². The van der Waals surface area contributed by atoms with Crippen molar-refractivity contribution in [1.82, 2.24) is 0 Å². The Morgan fingerprint density at radius 1 is 1.11 bits per heavy atom. The number of aliphatic hydroxyl groups is 1. The molecule has 0 spiro atoms. The molecule has 2 atom stereocenters. The molecule has 0 unspecified atom stereocenters. The number of phenols is 1. The fourth-order valence-corrected chi connectivity index (χ4v) is 2.12. The third-order valence-corrected chi connectivity index (χ3v) is 3.36. The first-order chi connectivity index (χ1) is 9.08. The Bertz CT molecular complexity index is 545. The van der Waals surface area contributed by atoms with E-state index in [1.807, 2.05) is 30.3 Å². The van der Waals surface area contributed by atoms with Crippen molar-refractivity contribution in [2.75, 3.05) is 0 Å². The molecular formula is C15H16ClNO2. The summed E-state index contributed by atoms with van der Waals surface area (Å²) in [6.45, 7) is 0. The highest BCUT2D eigenvalue weighted by molar-refractivity contribution is 6.32. The standard InChI is InChI=1S/C15H16ClNO2/c16-12-9-11(6-7-13(12)18)15(17)14(19)8-10-4-2-1-3-5-10/h1-7,9,14-15,18-19H,8,17H2/t14-,15+/m0/s1. The van der Waals surface area contributed by atoms with E-state index in [2.05, 4.69) is 0 Å². The summed E-state index contributed by atoms with van der Waals surface area (Å²) in [5, 5.41) is 19.8. The SMILES string of the molecule is N[C@H](c1ccc(O)c(Cl)c1)[C@@H](O)Cc1ccccc1. The van der Waals surface area contributed by atoms with Crippen LogP contribution in [0, 0.1) is 0 Å². The lowest BCUT2D eigenvalue weighted by Gasteiger charge is -2.19. The van der Waals surface area contributed by atoms with Crippen LogP contribution in [-0.4, -0.2) is 16.3 Å². The van der Waals surface area contributed by atoms with E-state index in [1.54, 1.807) is 12.1 Å². The number of nitrogens with two attached hydrogens (primary N) is 1. The van der Waals surface area contributed by atoms with E-state index in [0.29, 0.717) is 12.0 Å². The molecule has 0 saturated heterocycles. The van der Waals surface area contributed by atoms with E-state index >= 15 is 0 Å². The largest absolute Gasteiger partial charge is 0.506 e. The Morgan fingerprint density at radius 3 is 2.42 bits per heavy atom. The molecular weight excluding hydrogens is 262 g/mol. The Morgan fingerprint density at radius 2 is 1.79 bits per heavy atom. The molecule has 4 N–H and O–H groups in total. The van der Waals surface area contributed by atoms with Crippen LogP contribution in [0.4, 0.5) is 0 Å². The van der Waals surface area contributed by atoms with E-state index in [9.17, 15) is 10.2 Å². The van der Waals surface area contributed by atoms with E-state index in [-0.39, 0.29) is 10.8 Å². The number of benzene rings is 2. The van der Waals surface area contributed by atoms with Crippen LogP contribution < -0.4 is 5.73 Å². The van der Waals surface area contributed by atoms with Crippen LogP contribution in [0.2, 0.25) is 5.02 Å². The highest BCUT2D eigenvalue weighted by Gasteiger charge is 2.18. The number of hydrogen-bond acceptors (Lipinski definition) is 3. The van der Waals surface area contributed by atoms with Crippen LogP contribution in [0.1, 0.15) is 17.2 Å². The number of aromatic hydroxyl groups is 1. The van der Waals surface area contributed by atoms with Gasteiger partial charge in [0, 0.05) is 6.42 Å². The summed E-state index contributed by atoms with van der Waals surface area (Å²) in [6.07, 6.45) is -0.233. The molecule has 2 aromatic carbocycles. The summed E-state index contributed by atoms with van der Waals surface area (Å²) in [5.74, 6) is 0.00941. The molecule has 0 bridgehead atoms. The number of hydrogen-bond donors (Lipinski definition) is 3. The topological polar surface area (TPSA) is 66.5 Å². The van der Waals surface area contributed by atoms with Gasteiger partial charge in [-0.3, -0.25) is 0 Å². The van der Waals surface area contributed by atoms with E-state index in [4.69, 9.17) is 17.3 Å². The maximum atomic E-state index is 10.2. The van der Waals surface area contributed by atoms with Gasteiger partial charge in [0.1, 0.15) is 5.75 Å². The number of rotatable bonds is 4. The summed E-state index contributed by atoms with van der Waals surface area (Å²) in [5.41, 5.74) is 7.74. The second-order valence-corrected chi connectivity index (χ2v) is 4.90. The van der Waals surface area contributed by atoms with Crippen molar-refractivity contribution >= 4 is 11.6 Å². The zero-order valence-electron chi connectivity index (χ0n) is 10.3. The lowest BCUT2D eigenvalue weighted by atomic mass is 9.97. The zero-order chi connectivity index (χ0) is 13.8. The lowest BCUT2D eigenvalue weighted by molar-refractivity contribution is 0.145. The lowest BCUT2D eigenvalue weighted by Crippen LogP contribution is -2.28. The molecule has 0 fully saturated rings. The Hall–Kier alpha value is -1.55. The molecule has 2 aromatic rings. The summed E-state index contributed by atoms with van der Waals surface area (Å²) in [4.78, 5) is 0. The maximum Gasteiger partial charge on any atom is 0.134 e. The Labute approximate surface area is 117 Å². The van der Waals surface area contributed by atoms with Crippen LogP contribution in [0.5, 0.6) is 5.75 Å². The van der Waals surface area contributed by atoms with Gasteiger partial charge in [0.15, 0.2) is 0 Å². The van der Waals surface area contributed by atoms with Crippen molar-refractivity contribution in [2.24, 2.45) is 5.73 Å². The van der Waals surface area contributed by atoms with Gasteiger partial charge in [0.25, 0.3) is 0 Å². The predicted octanol–water partition coefficient (Wildman–Crippen LogP) is 2.65. The first kappa shape index (κ1) is 13.9. The maximum absolute atomic E-state index is 10.2. The van der Waals surface area contributed by atoms with Crippen LogP contribution in [0.15, 0.2) is 48.5 Å². The van der Waals surface area contributed by atoms with Crippen molar-refractivity contribution in [3.63, 3.8) is 0 Å². The van der Waals surface area contributed by atoms with Crippen molar-refractivity contribution in [3.8, 4) is 5.75 Å². The molecule has 0 aliphatic rings. The van der Waals surface area contributed by atoms with Crippen molar-refractivity contribution in [3.05, 3.63) is 64.7 Å². The second-order valence-electron chi connectivity index (χ2n) is 4.49. The number of halogens is 1. The molecule has 0 saturated carbocycles. The Balaban J connectivity index is 2.10. The third-order valence-electron chi connectivity index (χ3n) is 3.06. The molecule has 0 heterocycles. The van der Waals surface area contributed by atoms with E-state index < -0.39 is 12.1 Å². The van der Waals surface area contributed by atoms with Crippen molar-refractivity contribution in [1.29, 1.82) is 0 Å². The van der Waals surface area contributed by atoms with E-state index in [1.165, 1.54) is 6.07 Å². The first-order valence-corrected chi connectivity index (χ1v) is 6.41. The molecule has 0 radical (unpaired) electrons. The van der Waals surface area contributed by atoms with Gasteiger partial charge in [-0.1, -0.05) is 48.0 Å². The highest BCUT2D eigenvalue weighted by Crippen LogP contribution is 2.27. The molecule has 0 aromatic heterocycles. The Kier molecular flexibility index (Phi) is 4.43. The number of aliphatic hydroxyl groups excluding tert-OH is 1. The zero-order valence-corrected chi connectivity index (χ0v) is 11.1. The molecule has 4 heteroatoms. The minimum Gasteiger partial charge on any atom is -0.506 e. The summed E-state index contributed by atoms with van der Waals surface area (Å²) < 4.78 is 0. The quantitative estimate of drug-likeness (QED) is 0.805. The minimum atomic E-state index is -0.706. The smallest absolute Gasteiger partial charge is 0.134 e. The third kappa shape index (κ3) is 3.47. The predicted molar refractivity (Wildman–Crippen MR) is 76.2 cm³/mol. The summed E-state index contributed by atoms with van der Waals surface area (Å²) in [7, 11) is 0. The average molecular weight is 278 g/mol. The van der Waals surface area contributed by atoms with Gasteiger partial charge < -0.3 is 15.9 Å². The highest BCUT2D eigenvalue weighted by atomic mass is 35.5. The van der Waals surface area contributed by atoms with Gasteiger partial charge >= 0.3 is 0 Å². The van der Waals surface area contributed by atoms with Crippen molar-refractivity contribution < 1.29 is 10.2 Å². The first-order valence-electron chi connectivity index (χ1n) is 6.04. The van der Waals surface area contributed by atoms with Gasteiger partial charge in [-0.05, 0) is 23.3 Å². The van der Waals surface area contributed by atoms with Gasteiger partial charge in [-0.25, -0.2) is 0 Å².